The van der Waals surface area contributed by atoms with E-state index in [2.05, 4.69) is 4.98 Å². The summed E-state index contributed by atoms with van der Waals surface area (Å²) in [7, 11) is 1.50. The molecule has 21 heavy (non-hydrogen) atoms. The number of ether oxygens (including phenoxy) is 2. The van der Waals surface area contributed by atoms with Gasteiger partial charge in [-0.05, 0) is 31.3 Å². The van der Waals surface area contributed by atoms with Gasteiger partial charge in [0.1, 0.15) is 5.82 Å². The van der Waals surface area contributed by atoms with Crippen LogP contribution in [0, 0.1) is 17.7 Å². The van der Waals surface area contributed by atoms with E-state index in [0.29, 0.717) is 30.9 Å². The van der Waals surface area contributed by atoms with Gasteiger partial charge in [0.05, 0.1) is 25.8 Å². The molecule has 0 saturated carbocycles. The van der Waals surface area contributed by atoms with Crippen molar-refractivity contribution in [3.05, 3.63) is 29.7 Å². The molecule has 2 unspecified atom stereocenters. The van der Waals surface area contributed by atoms with E-state index >= 15 is 0 Å². The van der Waals surface area contributed by atoms with Crippen LogP contribution in [0.25, 0.3) is 5.57 Å². The van der Waals surface area contributed by atoms with Crippen LogP contribution in [0.2, 0.25) is 0 Å². The first kappa shape index (κ1) is 15.5. The van der Waals surface area contributed by atoms with E-state index in [9.17, 15) is 9.18 Å². The minimum absolute atomic E-state index is 0.114. The van der Waals surface area contributed by atoms with Crippen molar-refractivity contribution in [3.63, 3.8) is 0 Å². The minimum atomic E-state index is -0.371. The molecule has 1 aromatic heterocycles. The largest absolute Gasteiger partial charge is 0.481 e. The van der Waals surface area contributed by atoms with Crippen LogP contribution in [0.1, 0.15) is 32.3 Å². The van der Waals surface area contributed by atoms with E-state index in [0.717, 1.165) is 11.8 Å². The Morgan fingerprint density at radius 3 is 2.90 bits per heavy atom. The Kier molecular flexibility index (Phi) is 4.94. The summed E-state index contributed by atoms with van der Waals surface area (Å²) >= 11 is 0. The molecule has 0 saturated heterocycles. The lowest BCUT2D eigenvalue weighted by Gasteiger charge is -2.27. The Labute approximate surface area is 124 Å². The number of halogens is 1. The van der Waals surface area contributed by atoms with Crippen molar-refractivity contribution in [2.24, 2.45) is 11.8 Å². The predicted octanol–water partition coefficient (Wildman–Crippen LogP) is 3.22. The second kappa shape index (κ2) is 6.70. The maximum Gasteiger partial charge on any atom is 0.309 e. The first-order valence-electron chi connectivity index (χ1n) is 7.12. The van der Waals surface area contributed by atoms with Gasteiger partial charge in [-0.3, -0.25) is 4.79 Å². The SMILES string of the molecule is CCOC(=O)C1CC=C(c2cc(OC)ncc2F)CC1C. The number of methoxy groups -OCH3 is 1. The number of esters is 1. The summed E-state index contributed by atoms with van der Waals surface area (Å²) in [5.74, 6) is -0.201. The van der Waals surface area contributed by atoms with Crippen molar-refractivity contribution in [1.82, 2.24) is 4.98 Å². The Morgan fingerprint density at radius 2 is 2.29 bits per heavy atom. The number of carbonyl (C=O) groups is 1. The highest BCUT2D eigenvalue weighted by molar-refractivity contribution is 5.76. The zero-order chi connectivity index (χ0) is 15.4. The van der Waals surface area contributed by atoms with Crippen LogP contribution in [-0.4, -0.2) is 24.7 Å². The van der Waals surface area contributed by atoms with Gasteiger partial charge in [-0.25, -0.2) is 9.37 Å². The number of nitrogens with zero attached hydrogens (tertiary/aromatic N) is 1. The van der Waals surface area contributed by atoms with Crippen LogP contribution >= 0.6 is 0 Å². The van der Waals surface area contributed by atoms with Crippen LogP contribution in [0.3, 0.4) is 0 Å². The zero-order valence-electron chi connectivity index (χ0n) is 12.6. The molecule has 4 nitrogen and oxygen atoms in total. The fraction of sp³-hybridized carbons (Fsp3) is 0.500. The molecule has 5 heteroatoms. The van der Waals surface area contributed by atoms with E-state index in [1.807, 2.05) is 13.0 Å². The number of allylic oxidation sites excluding steroid dienone is 2. The number of hydrogen-bond donors (Lipinski definition) is 0. The second-order valence-corrected chi connectivity index (χ2v) is 5.21. The van der Waals surface area contributed by atoms with Crippen LogP contribution < -0.4 is 4.74 Å². The highest BCUT2D eigenvalue weighted by atomic mass is 19.1. The van der Waals surface area contributed by atoms with Crippen molar-refractivity contribution in [2.45, 2.75) is 26.7 Å². The topological polar surface area (TPSA) is 48.4 Å². The summed E-state index contributed by atoms with van der Waals surface area (Å²) in [6.07, 6.45) is 4.28. The lowest BCUT2D eigenvalue weighted by Crippen LogP contribution is -2.26. The van der Waals surface area contributed by atoms with E-state index in [4.69, 9.17) is 9.47 Å². The molecule has 1 aliphatic carbocycles. The highest BCUT2D eigenvalue weighted by Gasteiger charge is 2.30. The quantitative estimate of drug-likeness (QED) is 0.800. The molecule has 1 heterocycles. The van der Waals surface area contributed by atoms with Gasteiger partial charge in [0, 0.05) is 11.6 Å². The summed E-state index contributed by atoms with van der Waals surface area (Å²) in [4.78, 5) is 15.7. The molecule has 0 amide bonds. The Morgan fingerprint density at radius 1 is 1.52 bits per heavy atom. The molecule has 0 fully saturated rings. The van der Waals surface area contributed by atoms with E-state index in [1.54, 1.807) is 13.0 Å². The summed E-state index contributed by atoms with van der Waals surface area (Å²) in [6, 6.07) is 1.60. The molecular formula is C16H20FNO3. The lowest BCUT2D eigenvalue weighted by molar-refractivity contribution is -0.149. The number of rotatable bonds is 4. The average Bonchev–Trinajstić information content (AvgIpc) is 2.47. The van der Waals surface area contributed by atoms with Crippen molar-refractivity contribution < 1.29 is 18.7 Å². The van der Waals surface area contributed by atoms with Gasteiger partial charge in [0.15, 0.2) is 0 Å². The molecule has 0 aliphatic heterocycles. The molecule has 0 bridgehead atoms. The molecule has 1 aromatic rings. The van der Waals surface area contributed by atoms with Gasteiger partial charge in [-0.2, -0.15) is 0 Å². The van der Waals surface area contributed by atoms with E-state index < -0.39 is 0 Å². The number of aromatic nitrogens is 1. The Balaban J connectivity index is 2.22. The van der Waals surface area contributed by atoms with Gasteiger partial charge < -0.3 is 9.47 Å². The maximum atomic E-state index is 13.9. The third-order valence-electron chi connectivity index (χ3n) is 3.82. The number of carbonyl (C=O) groups excluding carboxylic acids is 1. The van der Waals surface area contributed by atoms with E-state index in [1.165, 1.54) is 7.11 Å². The van der Waals surface area contributed by atoms with Gasteiger partial charge in [0.2, 0.25) is 5.88 Å². The monoisotopic (exact) mass is 293 g/mol. The molecule has 0 spiro atoms. The Bertz CT molecular complexity index is 556. The summed E-state index contributed by atoms with van der Waals surface area (Å²) in [5, 5.41) is 0. The summed E-state index contributed by atoms with van der Waals surface area (Å²) in [5.41, 5.74) is 1.39. The van der Waals surface area contributed by atoms with Gasteiger partial charge in [-0.1, -0.05) is 13.0 Å². The first-order valence-corrected chi connectivity index (χ1v) is 7.12. The zero-order valence-corrected chi connectivity index (χ0v) is 12.6. The minimum Gasteiger partial charge on any atom is -0.481 e. The van der Waals surface area contributed by atoms with E-state index in [-0.39, 0.29) is 23.6 Å². The number of pyridine rings is 1. The third kappa shape index (κ3) is 3.40. The first-order chi connectivity index (χ1) is 10.1. The molecule has 0 aromatic carbocycles. The average molecular weight is 293 g/mol. The third-order valence-corrected chi connectivity index (χ3v) is 3.82. The standard InChI is InChI=1S/C16H20FNO3/c1-4-21-16(19)12-6-5-11(7-10(12)2)13-8-15(20-3)18-9-14(13)17/h5,8-10,12H,4,6-7H2,1-3H3. The molecule has 0 N–H and O–H groups in total. The lowest BCUT2D eigenvalue weighted by atomic mass is 9.79. The van der Waals surface area contributed by atoms with Crippen molar-refractivity contribution in [2.75, 3.05) is 13.7 Å². The van der Waals surface area contributed by atoms with Gasteiger partial charge in [-0.15, -0.1) is 0 Å². The molecule has 2 rings (SSSR count). The van der Waals surface area contributed by atoms with Crippen LogP contribution in [0.4, 0.5) is 4.39 Å². The van der Waals surface area contributed by atoms with Gasteiger partial charge in [0.25, 0.3) is 0 Å². The molecule has 0 radical (unpaired) electrons. The van der Waals surface area contributed by atoms with Gasteiger partial charge >= 0.3 is 5.97 Å². The second-order valence-electron chi connectivity index (χ2n) is 5.21. The number of hydrogen-bond acceptors (Lipinski definition) is 4. The fourth-order valence-corrected chi connectivity index (χ4v) is 2.65. The molecule has 114 valence electrons. The summed E-state index contributed by atoms with van der Waals surface area (Å²) < 4.78 is 24.1. The van der Waals surface area contributed by atoms with Crippen LogP contribution in [0.15, 0.2) is 18.3 Å². The Hall–Kier alpha value is -1.91. The van der Waals surface area contributed by atoms with Crippen molar-refractivity contribution in [3.8, 4) is 5.88 Å². The normalized spacial score (nSPS) is 21.6. The molecular weight excluding hydrogens is 273 g/mol. The van der Waals surface area contributed by atoms with Crippen LogP contribution in [0.5, 0.6) is 5.88 Å². The fourth-order valence-electron chi connectivity index (χ4n) is 2.65. The van der Waals surface area contributed by atoms with Crippen molar-refractivity contribution in [1.29, 1.82) is 0 Å². The highest BCUT2D eigenvalue weighted by Crippen LogP contribution is 2.36. The summed E-state index contributed by atoms with van der Waals surface area (Å²) in [6.45, 7) is 4.17. The smallest absolute Gasteiger partial charge is 0.309 e. The molecule has 2 atom stereocenters. The van der Waals surface area contributed by atoms with Crippen LogP contribution in [-0.2, 0) is 9.53 Å². The molecule has 1 aliphatic rings. The van der Waals surface area contributed by atoms with Crippen molar-refractivity contribution >= 4 is 11.5 Å². The maximum absolute atomic E-state index is 13.9. The predicted molar refractivity (Wildman–Crippen MR) is 77.2 cm³/mol.